The summed E-state index contributed by atoms with van der Waals surface area (Å²) in [5, 5.41) is 2.99. The van der Waals surface area contributed by atoms with Crippen molar-refractivity contribution < 1.29 is 27.5 Å². The average molecular weight is 489 g/mol. The van der Waals surface area contributed by atoms with Crippen molar-refractivity contribution in [1.29, 1.82) is 0 Å². The van der Waals surface area contributed by atoms with Crippen LogP contribution in [0.15, 0.2) is 71.6 Å². The molecule has 0 saturated carbocycles. The molecule has 0 atom stereocenters. The number of nitrogens with one attached hydrogen (secondary N) is 2. The summed E-state index contributed by atoms with van der Waals surface area (Å²) in [5.74, 6) is -1.40. The average Bonchev–Trinajstić information content (AvgIpc) is 2.78. The van der Waals surface area contributed by atoms with Crippen molar-refractivity contribution in [2.45, 2.75) is 11.8 Å². The van der Waals surface area contributed by atoms with E-state index in [1.807, 2.05) is 6.92 Å². The van der Waals surface area contributed by atoms with Crippen molar-refractivity contribution in [3.05, 3.63) is 82.9 Å². The summed E-state index contributed by atoms with van der Waals surface area (Å²) >= 11 is 5.87. The van der Waals surface area contributed by atoms with E-state index in [0.29, 0.717) is 16.4 Å². The van der Waals surface area contributed by atoms with E-state index in [-0.39, 0.29) is 16.2 Å². The van der Waals surface area contributed by atoms with Crippen molar-refractivity contribution in [3.8, 4) is 5.75 Å². The van der Waals surface area contributed by atoms with E-state index in [9.17, 15) is 18.0 Å². The zero-order valence-electron chi connectivity index (χ0n) is 17.8. The molecular weight excluding hydrogens is 468 g/mol. The van der Waals surface area contributed by atoms with E-state index in [1.165, 1.54) is 19.2 Å². The quantitative estimate of drug-likeness (QED) is 0.458. The number of halogens is 1. The largest absolute Gasteiger partial charge is 0.495 e. The van der Waals surface area contributed by atoms with Crippen LogP contribution in [0.1, 0.15) is 15.9 Å². The minimum atomic E-state index is -4.08. The Kier molecular flexibility index (Phi) is 7.57. The molecule has 3 aromatic carbocycles. The van der Waals surface area contributed by atoms with Crippen molar-refractivity contribution in [2.75, 3.05) is 23.8 Å². The van der Waals surface area contributed by atoms with Gasteiger partial charge in [0.25, 0.3) is 15.9 Å². The minimum absolute atomic E-state index is 0.0462. The molecule has 8 nitrogen and oxygen atoms in total. The second-order valence-corrected chi connectivity index (χ2v) is 9.06. The predicted octanol–water partition coefficient (Wildman–Crippen LogP) is 4.25. The number of amides is 1. The number of hydrogen-bond donors (Lipinski definition) is 2. The highest BCUT2D eigenvalue weighted by atomic mass is 35.5. The molecule has 0 spiro atoms. The lowest BCUT2D eigenvalue weighted by molar-refractivity contribution is -0.119. The highest BCUT2D eigenvalue weighted by Gasteiger charge is 2.23. The summed E-state index contributed by atoms with van der Waals surface area (Å²) in [6, 6.07) is 17.1. The smallest absolute Gasteiger partial charge is 0.338 e. The first-order valence-electron chi connectivity index (χ1n) is 9.68. The number of carbonyl (C=O) groups excluding carboxylic acids is 2. The third-order valence-electron chi connectivity index (χ3n) is 4.44. The van der Waals surface area contributed by atoms with Crippen molar-refractivity contribution in [2.24, 2.45) is 0 Å². The standard InChI is InChI=1S/C23H21ClN2O6S/c1-15-6-9-18(10-7-15)26-33(29,30)21-12-16(8-11-20(21)31-2)23(28)32-14-22(27)25-19-5-3-4-17(24)13-19/h3-13,26H,14H2,1-2H3,(H,25,27). The molecule has 3 rings (SSSR count). The molecule has 0 aliphatic heterocycles. The fourth-order valence-electron chi connectivity index (χ4n) is 2.82. The molecular formula is C23H21ClN2O6S. The first-order valence-corrected chi connectivity index (χ1v) is 11.5. The van der Waals surface area contributed by atoms with Crippen LogP contribution in [0.4, 0.5) is 11.4 Å². The fourth-order valence-corrected chi connectivity index (χ4v) is 4.27. The summed E-state index contributed by atoms with van der Waals surface area (Å²) in [6.45, 7) is 1.31. The number of benzene rings is 3. The van der Waals surface area contributed by atoms with Crippen LogP contribution in [0.25, 0.3) is 0 Å². The van der Waals surface area contributed by atoms with Crippen LogP contribution in [0.5, 0.6) is 5.75 Å². The molecule has 0 aliphatic carbocycles. The fraction of sp³-hybridized carbons (Fsp3) is 0.130. The topological polar surface area (TPSA) is 111 Å². The number of hydrogen-bond acceptors (Lipinski definition) is 6. The number of rotatable bonds is 8. The molecule has 172 valence electrons. The molecule has 3 aromatic rings. The van der Waals surface area contributed by atoms with Crippen molar-refractivity contribution >= 4 is 44.9 Å². The molecule has 0 aliphatic rings. The van der Waals surface area contributed by atoms with E-state index < -0.39 is 28.5 Å². The molecule has 0 saturated heterocycles. The van der Waals surface area contributed by atoms with Crippen LogP contribution in [0.2, 0.25) is 5.02 Å². The molecule has 0 aromatic heterocycles. The van der Waals surface area contributed by atoms with Gasteiger partial charge in [0.05, 0.1) is 12.7 Å². The van der Waals surface area contributed by atoms with Gasteiger partial charge < -0.3 is 14.8 Å². The Morgan fingerprint density at radius 1 is 0.970 bits per heavy atom. The Hall–Kier alpha value is -3.56. The highest BCUT2D eigenvalue weighted by Crippen LogP contribution is 2.27. The van der Waals surface area contributed by atoms with Crippen molar-refractivity contribution in [3.63, 3.8) is 0 Å². The highest BCUT2D eigenvalue weighted by molar-refractivity contribution is 7.92. The maximum absolute atomic E-state index is 12.9. The van der Waals surface area contributed by atoms with Crippen LogP contribution in [0.3, 0.4) is 0 Å². The molecule has 2 N–H and O–H groups in total. The Morgan fingerprint density at radius 2 is 1.70 bits per heavy atom. The number of ether oxygens (including phenoxy) is 2. The lowest BCUT2D eigenvalue weighted by Gasteiger charge is -2.13. The van der Waals surface area contributed by atoms with Gasteiger partial charge in [0.1, 0.15) is 10.6 Å². The molecule has 10 heteroatoms. The normalized spacial score (nSPS) is 10.9. The van der Waals surface area contributed by atoms with E-state index in [0.717, 1.165) is 11.6 Å². The molecule has 33 heavy (non-hydrogen) atoms. The second-order valence-electron chi connectivity index (χ2n) is 6.97. The van der Waals surface area contributed by atoms with E-state index in [4.69, 9.17) is 21.1 Å². The molecule has 0 bridgehead atoms. The Morgan fingerprint density at radius 3 is 2.36 bits per heavy atom. The number of sulfonamides is 1. The molecule has 0 radical (unpaired) electrons. The van der Waals surface area contributed by atoms with Gasteiger partial charge in [-0.1, -0.05) is 35.4 Å². The van der Waals surface area contributed by atoms with Crippen LogP contribution in [-0.4, -0.2) is 34.0 Å². The van der Waals surface area contributed by atoms with E-state index in [2.05, 4.69) is 10.0 Å². The Labute approximate surface area is 196 Å². The van der Waals surface area contributed by atoms with E-state index >= 15 is 0 Å². The molecule has 0 fully saturated rings. The van der Waals surface area contributed by atoms with Gasteiger partial charge >= 0.3 is 5.97 Å². The number of esters is 1. The maximum Gasteiger partial charge on any atom is 0.338 e. The number of anilines is 2. The van der Waals surface area contributed by atoms with Gasteiger partial charge in [-0.05, 0) is 55.5 Å². The minimum Gasteiger partial charge on any atom is -0.495 e. The summed E-state index contributed by atoms with van der Waals surface area (Å²) < 4.78 is 38.5. The molecule has 0 heterocycles. The predicted molar refractivity (Wildman–Crippen MR) is 125 cm³/mol. The molecule has 1 amide bonds. The lowest BCUT2D eigenvalue weighted by atomic mass is 10.2. The molecule has 0 unspecified atom stereocenters. The summed E-state index contributed by atoms with van der Waals surface area (Å²) in [4.78, 5) is 24.3. The third-order valence-corrected chi connectivity index (χ3v) is 6.07. The van der Waals surface area contributed by atoms with Crippen LogP contribution in [0, 0.1) is 6.92 Å². The van der Waals surface area contributed by atoms with Crippen molar-refractivity contribution in [1.82, 2.24) is 0 Å². The number of methoxy groups -OCH3 is 1. The zero-order chi connectivity index (χ0) is 24.0. The summed E-state index contributed by atoms with van der Waals surface area (Å²) in [7, 11) is -2.76. The van der Waals surface area contributed by atoms with Gasteiger partial charge in [-0.2, -0.15) is 0 Å². The Balaban J connectivity index is 1.73. The van der Waals surface area contributed by atoms with Gasteiger partial charge in [0, 0.05) is 16.4 Å². The first kappa shape index (κ1) is 24.1. The van der Waals surface area contributed by atoms with Gasteiger partial charge in [0.2, 0.25) is 0 Å². The van der Waals surface area contributed by atoms with Gasteiger partial charge in [-0.25, -0.2) is 13.2 Å². The van der Waals surface area contributed by atoms with E-state index in [1.54, 1.807) is 48.5 Å². The van der Waals surface area contributed by atoms with Gasteiger partial charge in [-0.15, -0.1) is 0 Å². The SMILES string of the molecule is COc1ccc(C(=O)OCC(=O)Nc2cccc(Cl)c2)cc1S(=O)(=O)Nc1ccc(C)cc1. The zero-order valence-corrected chi connectivity index (χ0v) is 19.4. The summed E-state index contributed by atoms with van der Waals surface area (Å²) in [5.41, 5.74) is 1.71. The first-order chi connectivity index (χ1) is 15.7. The van der Waals surface area contributed by atoms with Crippen LogP contribution in [-0.2, 0) is 19.6 Å². The van der Waals surface area contributed by atoms with Gasteiger partial charge in [0.15, 0.2) is 6.61 Å². The number of aryl methyl sites for hydroxylation is 1. The third kappa shape index (κ3) is 6.47. The van der Waals surface area contributed by atoms with Gasteiger partial charge in [-0.3, -0.25) is 9.52 Å². The maximum atomic E-state index is 12.9. The number of carbonyl (C=O) groups is 2. The monoisotopic (exact) mass is 488 g/mol. The van der Waals surface area contributed by atoms with Crippen LogP contribution < -0.4 is 14.8 Å². The lowest BCUT2D eigenvalue weighted by Crippen LogP contribution is -2.21. The Bertz CT molecular complexity index is 1280. The van der Waals surface area contributed by atoms with Crippen LogP contribution >= 0.6 is 11.6 Å². The summed E-state index contributed by atoms with van der Waals surface area (Å²) in [6.07, 6.45) is 0. The second kappa shape index (κ2) is 10.4.